The second-order valence-corrected chi connectivity index (χ2v) is 19.2. The molecule has 0 fully saturated rings. The quantitative estimate of drug-likeness (QED) is 0.0345. The number of hydrogen-bond acceptors (Lipinski definition) is 6. The van der Waals surface area contributed by atoms with E-state index in [2.05, 4.69) is 34.6 Å². The highest BCUT2D eigenvalue weighted by atomic mass is 16.6. The predicted octanol–water partition coefficient (Wildman–Crippen LogP) is 17.3. The van der Waals surface area contributed by atoms with Crippen LogP contribution in [0, 0.1) is 11.8 Å². The van der Waals surface area contributed by atoms with Crippen molar-refractivity contribution in [3.05, 3.63) is 0 Å². The van der Waals surface area contributed by atoms with E-state index in [0.29, 0.717) is 19.3 Å². The Morgan fingerprint density at radius 2 is 0.633 bits per heavy atom. The molecule has 0 radical (unpaired) electrons. The van der Waals surface area contributed by atoms with Crippen LogP contribution >= 0.6 is 0 Å². The smallest absolute Gasteiger partial charge is 0.306 e. The number of carbonyl (C=O) groups is 3. The van der Waals surface area contributed by atoms with E-state index < -0.39 is 6.10 Å². The van der Waals surface area contributed by atoms with Crippen molar-refractivity contribution < 1.29 is 28.6 Å². The van der Waals surface area contributed by atoms with Crippen LogP contribution in [0.1, 0.15) is 298 Å². The molecule has 0 amide bonds. The van der Waals surface area contributed by atoms with Crippen molar-refractivity contribution in [1.82, 2.24) is 0 Å². The minimum atomic E-state index is -0.761. The summed E-state index contributed by atoms with van der Waals surface area (Å²) in [5.41, 5.74) is 0. The van der Waals surface area contributed by atoms with Crippen LogP contribution in [0.25, 0.3) is 0 Å². The average Bonchev–Trinajstić information content (AvgIpc) is 3.23. The van der Waals surface area contributed by atoms with Crippen LogP contribution in [0.15, 0.2) is 0 Å². The van der Waals surface area contributed by atoms with Gasteiger partial charge in [0.25, 0.3) is 0 Å². The number of unbranched alkanes of at least 4 members (excludes halogenated alkanes) is 32. The molecule has 0 aromatic heterocycles. The second-order valence-electron chi connectivity index (χ2n) is 19.2. The van der Waals surface area contributed by atoms with Crippen molar-refractivity contribution in [3.8, 4) is 0 Å². The first-order chi connectivity index (χ1) is 29.3. The maximum Gasteiger partial charge on any atom is 0.306 e. The first-order valence-corrected chi connectivity index (χ1v) is 26.8. The monoisotopic (exact) mass is 849 g/mol. The summed E-state index contributed by atoms with van der Waals surface area (Å²) in [5.74, 6) is 0.872. The van der Waals surface area contributed by atoms with Crippen molar-refractivity contribution in [2.45, 2.75) is 304 Å². The van der Waals surface area contributed by atoms with Crippen molar-refractivity contribution in [2.24, 2.45) is 11.8 Å². The van der Waals surface area contributed by atoms with Gasteiger partial charge in [-0.15, -0.1) is 0 Å². The maximum atomic E-state index is 12.8. The molecule has 0 rings (SSSR count). The van der Waals surface area contributed by atoms with Crippen LogP contribution in [0.3, 0.4) is 0 Å². The zero-order chi connectivity index (χ0) is 44.0. The molecule has 0 aromatic rings. The fraction of sp³-hybridized carbons (Fsp3) is 0.944. The highest BCUT2D eigenvalue weighted by molar-refractivity contribution is 5.71. The summed E-state index contributed by atoms with van der Waals surface area (Å²) in [6, 6.07) is 0. The second kappa shape index (κ2) is 46.9. The standard InChI is InChI=1S/C54H104O6/c1-6-8-9-10-11-22-29-34-39-44-52(55)58-47-51(60-54(57)46-41-36-31-26-21-20-24-28-33-38-43-50(5)7-2)48-59-53(56)45-40-35-30-25-19-17-15-13-12-14-16-18-23-27-32-37-42-49(3)4/h49-51H,6-48H2,1-5H3/t50?,51-/m0/s1. The lowest BCUT2D eigenvalue weighted by Crippen LogP contribution is -2.30. The number of hydrogen-bond donors (Lipinski definition) is 0. The maximum absolute atomic E-state index is 12.8. The van der Waals surface area contributed by atoms with E-state index >= 15 is 0 Å². The van der Waals surface area contributed by atoms with E-state index in [-0.39, 0.29) is 31.1 Å². The molecule has 6 heteroatoms. The normalized spacial score (nSPS) is 12.5. The first-order valence-electron chi connectivity index (χ1n) is 26.8. The lowest BCUT2D eigenvalue weighted by Gasteiger charge is -2.18. The molecule has 0 aromatic carbocycles. The minimum Gasteiger partial charge on any atom is -0.462 e. The predicted molar refractivity (Wildman–Crippen MR) is 256 cm³/mol. The van der Waals surface area contributed by atoms with Gasteiger partial charge in [0.2, 0.25) is 0 Å². The summed E-state index contributed by atoms with van der Waals surface area (Å²) < 4.78 is 16.8. The van der Waals surface area contributed by atoms with Gasteiger partial charge in [0, 0.05) is 19.3 Å². The first kappa shape index (κ1) is 58.4. The minimum absolute atomic E-state index is 0.0635. The van der Waals surface area contributed by atoms with Crippen LogP contribution in [-0.2, 0) is 28.6 Å². The third kappa shape index (κ3) is 45.9. The van der Waals surface area contributed by atoms with Gasteiger partial charge in [-0.1, -0.05) is 259 Å². The molecule has 0 N–H and O–H groups in total. The Morgan fingerprint density at radius 3 is 0.950 bits per heavy atom. The van der Waals surface area contributed by atoms with Crippen LogP contribution in [-0.4, -0.2) is 37.2 Å². The Balaban J connectivity index is 4.23. The Kier molecular flexibility index (Phi) is 45.7. The molecule has 0 aliphatic heterocycles. The number of carbonyl (C=O) groups excluding carboxylic acids is 3. The molecule has 0 heterocycles. The average molecular weight is 849 g/mol. The molecular formula is C54H104O6. The van der Waals surface area contributed by atoms with Gasteiger partial charge in [0.15, 0.2) is 6.10 Å². The number of esters is 3. The fourth-order valence-corrected chi connectivity index (χ4v) is 8.13. The third-order valence-electron chi connectivity index (χ3n) is 12.6. The van der Waals surface area contributed by atoms with Gasteiger partial charge < -0.3 is 14.2 Å². The van der Waals surface area contributed by atoms with Gasteiger partial charge in [0.1, 0.15) is 13.2 Å². The van der Waals surface area contributed by atoms with Crippen molar-refractivity contribution in [3.63, 3.8) is 0 Å². The van der Waals surface area contributed by atoms with E-state index in [0.717, 1.165) is 69.6 Å². The van der Waals surface area contributed by atoms with E-state index in [4.69, 9.17) is 14.2 Å². The summed E-state index contributed by atoms with van der Waals surface area (Å²) in [6.07, 6.45) is 48.0. The SMILES string of the molecule is CCCCCCCCCCCC(=O)OC[C@@H](COC(=O)CCCCCCCCCCCCCCCCCCC(C)C)OC(=O)CCCCCCCCCCCCC(C)CC. The van der Waals surface area contributed by atoms with E-state index in [1.165, 1.54) is 186 Å². The summed E-state index contributed by atoms with van der Waals surface area (Å²) in [6.45, 7) is 11.4. The summed E-state index contributed by atoms with van der Waals surface area (Å²) in [4.78, 5) is 37.9. The van der Waals surface area contributed by atoms with E-state index in [1.807, 2.05) is 0 Å². The zero-order valence-electron chi connectivity index (χ0n) is 41.1. The fourth-order valence-electron chi connectivity index (χ4n) is 8.13. The Labute approximate surface area is 374 Å². The van der Waals surface area contributed by atoms with Gasteiger partial charge in [-0.3, -0.25) is 14.4 Å². The third-order valence-corrected chi connectivity index (χ3v) is 12.6. The van der Waals surface area contributed by atoms with Gasteiger partial charge in [-0.25, -0.2) is 0 Å². The Bertz CT molecular complexity index is 918. The molecule has 1 unspecified atom stereocenters. The lowest BCUT2D eigenvalue weighted by molar-refractivity contribution is -0.167. The molecule has 0 aliphatic carbocycles. The van der Waals surface area contributed by atoms with Crippen LogP contribution in [0.2, 0.25) is 0 Å². The molecule has 0 saturated carbocycles. The number of rotatable bonds is 48. The van der Waals surface area contributed by atoms with Crippen molar-refractivity contribution in [2.75, 3.05) is 13.2 Å². The highest BCUT2D eigenvalue weighted by Gasteiger charge is 2.19. The van der Waals surface area contributed by atoms with E-state index in [1.54, 1.807) is 0 Å². The largest absolute Gasteiger partial charge is 0.462 e. The summed E-state index contributed by atoms with van der Waals surface area (Å²) in [5, 5.41) is 0. The molecule has 0 saturated heterocycles. The summed E-state index contributed by atoms with van der Waals surface area (Å²) >= 11 is 0. The van der Waals surface area contributed by atoms with Crippen LogP contribution in [0.5, 0.6) is 0 Å². The van der Waals surface area contributed by atoms with E-state index in [9.17, 15) is 14.4 Å². The topological polar surface area (TPSA) is 78.9 Å². The zero-order valence-corrected chi connectivity index (χ0v) is 41.1. The number of ether oxygens (including phenoxy) is 3. The van der Waals surface area contributed by atoms with Gasteiger partial charge in [0.05, 0.1) is 0 Å². The molecular weight excluding hydrogens is 745 g/mol. The molecule has 60 heavy (non-hydrogen) atoms. The highest BCUT2D eigenvalue weighted by Crippen LogP contribution is 2.18. The Hall–Kier alpha value is -1.59. The van der Waals surface area contributed by atoms with Crippen molar-refractivity contribution >= 4 is 17.9 Å². The Morgan fingerprint density at radius 1 is 0.350 bits per heavy atom. The molecule has 0 bridgehead atoms. The molecule has 0 spiro atoms. The van der Waals surface area contributed by atoms with Crippen LogP contribution < -0.4 is 0 Å². The molecule has 6 nitrogen and oxygen atoms in total. The van der Waals surface area contributed by atoms with Gasteiger partial charge in [-0.2, -0.15) is 0 Å². The molecule has 2 atom stereocenters. The molecule has 356 valence electrons. The molecule has 0 aliphatic rings. The van der Waals surface area contributed by atoms with Crippen molar-refractivity contribution in [1.29, 1.82) is 0 Å². The lowest BCUT2D eigenvalue weighted by atomic mass is 9.99. The van der Waals surface area contributed by atoms with Crippen LogP contribution in [0.4, 0.5) is 0 Å². The summed E-state index contributed by atoms with van der Waals surface area (Å²) in [7, 11) is 0. The van der Waals surface area contributed by atoms with Gasteiger partial charge in [-0.05, 0) is 31.1 Å². The van der Waals surface area contributed by atoms with Gasteiger partial charge >= 0.3 is 17.9 Å².